The molecule has 4 nitrogen and oxygen atoms in total. The number of Topliss-reactive ketones (excluding diaryl/α,β-unsaturated/α-hetero) is 1. The van der Waals surface area contributed by atoms with Gasteiger partial charge in [0.2, 0.25) is 5.91 Å². The number of carbonyl (C=O) groups is 2. The first-order valence-corrected chi connectivity index (χ1v) is 6.16. The van der Waals surface area contributed by atoms with Crippen molar-refractivity contribution >= 4 is 11.7 Å². The fourth-order valence-electron chi connectivity index (χ4n) is 2.11. The molecule has 0 aromatic heterocycles. The van der Waals surface area contributed by atoms with E-state index in [2.05, 4.69) is 0 Å². The first kappa shape index (κ1) is 12.8. The lowest BCUT2D eigenvalue weighted by Crippen LogP contribution is -2.42. The van der Waals surface area contributed by atoms with Crippen LogP contribution in [0, 0.1) is 5.92 Å². The highest BCUT2D eigenvalue weighted by atomic mass is 16.3. The number of hydrogen-bond acceptors (Lipinski definition) is 3. The summed E-state index contributed by atoms with van der Waals surface area (Å²) in [6.45, 7) is 0.753. The fourth-order valence-corrected chi connectivity index (χ4v) is 2.11. The topological polar surface area (TPSA) is 57.6 Å². The molecule has 0 aliphatic heterocycles. The highest BCUT2D eigenvalue weighted by Gasteiger charge is 2.35. The van der Waals surface area contributed by atoms with Crippen LogP contribution in [0.25, 0.3) is 0 Å². The number of ketones is 1. The van der Waals surface area contributed by atoms with Crippen molar-refractivity contribution in [2.24, 2.45) is 5.92 Å². The van der Waals surface area contributed by atoms with E-state index in [1.54, 1.807) is 4.90 Å². The van der Waals surface area contributed by atoms with Crippen LogP contribution in [0.4, 0.5) is 0 Å². The summed E-state index contributed by atoms with van der Waals surface area (Å²) in [6.07, 6.45) is 0.713. The number of hydrogen-bond donors (Lipinski definition) is 1. The van der Waals surface area contributed by atoms with Crippen LogP contribution in [-0.2, 0) is 16.1 Å². The van der Waals surface area contributed by atoms with E-state index in [9.17, 15) is 9.59 Å². The van der Waals surface area contributed by atoms with E-state index in [-0.39, 0.29) is 24.2 Å². The quantitative estimate of drug-likeness (QED) is 0.844. The predicted octanol–water partition coefficient (Wildman–Crippen LogP) is 0.987. The number of carbonyl (C=O) groups excluding carboxylic acids is 2. The van der Waals surface area contributed by atoms with Crippen molar-refractivity contribution in [3.63, 3.8) is 0 Å². The van der Waals surface area contributed by atoms with Gasteiger partial charge in [-0.2, -0.15) is 0 Å². The number of aliphatic hydroxyl groups excluding tert-OH is 1. The molecule has 0 unspecified atom stereocenters. The Labute approximate surface area is 106 Å². The minimum atomic E-state index is -0.173. The van der Waals surface area contributed by atoms with Gasteiger partial charge in [-0.3, -0.25) is 9.59 Å². The summed E-state index contributed by atoms with van der Waals surface area (Å²) in [5, 5.41) is 9.03. The third-order valence-corrected chi connectivity index (χ3v) is 3.20. The Balaban J connectivity index is 1.99. The van der Waals surface area contributed by atoms with Crippen LogP contribution in [0.1, 0.15) is 18.4 Å². The van der Waals surface area contributed by atoms with Crippen LogP contribution in [-0.4, -0.2) is 34.8 Å². The van der Waals surface area contributed by atoms with Crippen LogP contribution in [0.15, 0.2) is 30.3 Å². The van der Waals surface area contributed by atoms with Gasteiger partial charge in [0.1, 0.15) is 5.78 Å². The fraction of sp³-hybridized carbons (Fsp3) is 0.429. The molecule has 1 saturated carbocycles. The third kappa shape index (κ3) is 2.96. The van der Waals surface area contributed by atoms with Crippen LogP contribution >= 0.6 is 0 Å². The average Bonchev–Trinajstić information content (AvgIpc) is 2.35. The van der Waals surface area contributed by atoms with Crippen molar-refractivity contribution in [1.82, 2.24) is 4.90 Å². The zero-order valence-electron chi connectivity index (χ0n) is 10.2. The highest BCUT2D eigenvalue weighted by molar-refractivity contribution is 5.96. The summed E-state index contributed by atoms with van der Waals surface area (Å²) in [5.74, 6) is -0.0442. The van der Waals surface area contributed by atoms with Gasteiger partial charge in [-0.05, 0) is 5.56 Å². The molecule has 0 bridgehead atoms. The van der Waals surface area contributed by atoms with Gasteiger partial charge in [-0.25, -0.2) is 0 Å². The number of rotatable bonds is 5. The lowest BCUT2D eigenvalue weighted by Gasteiger charge is -2.30. The molecular formula is C14H17NO3. The van der Waals surface area contributed by atoms with E-state index in [0.29, 0.717) is 25.9 Å². The molecule has 0 spiro atoms. The van der Waals surface area contributed by atoms with E-state index >= 15 is 0 Å². The summed E-state index contributed by atoms with van der Waals surface area (Å²) < 4.78 is 0. The largest absolute Gasteiger partial charge is 0.395 e. The number of amides is 1. The number of benzene rings is 1. The van der Waals surface area contributed by atoms with Crippen molar-refractivity contribution in [3.8, 4) is 0 Å². The molecule has 1 aromatic carbocycles. The Morgan fingerprint density at radius 2 is 1.94 bits per heavy atom. The van der Waals surface area contributed by atoms with Crippen molar-refractivity contribution in [2.75, 3.05) is 13.2 Å². The van der Waals surface area contributed by atoms with Gasteiger partial charge in [-0.1, -0.05) is 30.3 Å². The van der Waals surface area contributed by atoms with Crippen LogP contribution in [0.3, 0.4) is 0 Å². The third-order valence-electron chi connectivity index (χ3n) is 3.20. The second-order valence-corrected chi connectivity index (χ2v) is 4.61. The maximum Gasteiger partial charge on any atom is 0.226 e. The lowest BCUT2D eigenvalue weighted by atomic mass is 9.83. The second kappa shape index (κ2) is 5.78. The van der Waals surface area contributed by atoms with Gasteiger partial charge >= 0.3 is 0 Å². The molecule has 1 aliphatic carbocycles. The Hall–Kier alpha value is -1.68. The molecule has 1 aromatic rings. The monoisotopic (exact) mass is 247 g/mol. The first-order valence-electron chi connectivity index (χ1n) is 6.16. The summed E-state index contributed by atoms with van der Waals surface area (Å²) in [6, 6.07) is 9.66. The molecule has 2 rings (SSSR count). The zero-order valence-corrected chi connectivity index (χ0v) is 10.2. The van der Waals surface area contributed by atoms with Crippen molar-refractivity contribution in [1.29, 1.82) is 0 Å². The highest BCUT2D eigenvalue weighted by Crippen LogP contribution is 2.25. The average molecular weight is 247 g/mol. The molecule has 0 saturated heterocycles. The van der Waals surface area contributed by atoms with Gasteiger partial charge < -0.3 is 10.0 Å². The Bertz CT molecular complexity index is 422. The Morgan fingerprint density at radius 3 is 2.50 bits per heavy atom. The van der Waals surface area contributed by atoms with Crippen LogP contribution in [0.5, 0.6) is 0 Å². The van der Waals surface area contributed by atoms with Gasteiger partial charge in [0.15, 0.2) is 0 Å². The van der Waals surface area contributed by atoms with Crippen LogP contribution < -0.4 is 0 Å². The number of nitrogens with zero attached hydrogens (tertiary/aromatic N) is 1. The summed E-state index contributed by atoms with van der Waals surface area (Å²) in [7, 11) is 0. The van der Waals surface area contributed by atoms with Crippen molar-refractivity contribution < 1.29 is 14.7 Å². The Morgan fingerprint density at radius 1 is 1.28 bits per heavy atom. The minimum Gasteiger partial charge on any atom is -0.395 e. The first-order chi connectivity index (χ1) is 8.70. The van der Waals surface area contributed by atoms with Gasteiger partial charge in [-0.15, -0.1) is 0 Å². The maximum atomic E-state index is 12.1. The Kier molecular flexibility index (Phi) is 4.10. The molecule has 4 heteroatoms. The maximum absolute atomic E-state index is 12.1. The predicted molar refractivity (Wildman–Crippen MR) is 66.7 cm³/mol. The standard InChI is InChI=1S/C14H17NO3/c16-7-6-15(10-11-4-2-1-3-5-11)14(18)12-8-13(17)9-12/h1-5,12,16H,6-10H2. The summed E-state index contributed by atoms with van der Waals surface area (Å²) in [4.78, 5) is 24.7. The van der Waals surface area contributed by atoms with Crippen LogP contribution in [0.2, 0.25) is 0 Å². The van der Waals surface area contributed by atoms with E-state index < -0.39 is 0 Å². The van der Waals surface area contributed by atoms with E-state index in [0.717, 1.165) is 5.56 Å². The molecule has 96 valence electrons. The molecule has 1 amide bonds. The molecule has 1 aliphatic rings. The normalized spacial score (nSPS) is 15.3. The lowest BCUT2D eigenvalue weighted by molar-refractivity contribution is -0.145. The SMILES string of the molecule is O=C1CC(C(=O)N(CCO)Cc2ccccc2)C1. The van der Waals surface area contributed by atoms with Gasteiger partial charge in [0.25, 0.3) is 0 Å². The minimum absolute atomic E-state index is 0.0208. The molecule has 0 atom stereocenters. The molecule has 0 heterocycles. The molecule has 1 N–H and O–H groups in total. The second-order valence-electron chi connectivity index (χ2n) is 4.61. The van der Waals surface area contributed by atoms with Gasteiger partial charge in [0, 0.05) is 25.9 Å². The smallest absolute Gasteiger partial charge is 0.226 e. The molecular weight excluding hydrogens is 230 g/mol. The molecule has 18 heavy (non-hydrogen) atoms. The summed E-state index contributed by atoms with van der Waals surface area (Å²) in [5.41, 5.74) is 1.03. The number of aliphatic hydroxyl groups is 1. The van der Waals surface area contributed by atoms with Gasteiger partial charge in [0.05, 0.1) is 12.5 Å². The van der Waals surface area contributed by atoms with Crippen molar-refractivity contribution in [3.05, 3.63) is 35.9 Å². The van der Waals surface area contributed by atoms with Crippen molar-refractivity contribution in [2.45, 2.75) is 19.4 Å². The van der Waals surface area contributed by atoms with E-state index in [1.807, 2.05) is 30.3 Å². The van der Waals surface area contributed by atoms with E-state index in [1.165, 1.54) is 0 Å². The zero-order chi connectivity index (χ0) is 13.0. The molecule has 0 radical (unpaired) electrons. The summed E-state index contributed by atoms with van der Waals surface area (Å²) >= 11 is 0. The van der Waals surface area contributed by atoms with E-state index in [4.69, 9.17) is 5.11 Å². The molecule has 1 fully saturated rings.